The molecule has 0 saturated heterocycles. The van der Waals surface area contributed by atoms with Crippen LogP contribution < -0.4 is 5.32 Å². The van der Waals surface area contributed by atoms with Gasteiger partial charge < -0.3 is 5.32 Å². The molecule has 1 aliphatic rings. The van der Waals surface area contributed by atoms with E-state index in [1.54, 1.807) is 12.1 Å². The molecule has 1 fully saturated rings. The second kappa shape index (κ2) is 4.20. The molecular formula is C12H13N3O2S. The molecular weight excluding hydrogens is 250 g/mol. The maximum Gasteiger partial charge on any atom is 0.293 e. The molecule has 1 saturated carbocycles. The molecule has 5 nitrogen and oxygen atoms in total. The first-order chi connectivity index (χ1) is 8.63. The van der Waals surface area contributed by atoms with E-state index in [-0.39, 0.29) is 10.6 Å². The van der Waals surface area contributed by atoms with Crippen molar-refractivity contribution in [3.63, 3.8) is 0 Å². The van der Waals surface area contributed by atoms with Crippen LogP contribution >= 0.6 is 11.3 Å². The molecule has 2 aromatic rings. The quantitative estimate of drug-likeness (QED) is 0.680. The van der Waals surface area contributed by atoms with E-state index in [0.29, 0.717) is 11.7 Å². The third-order valence-electron chi connectivity index (χ3n) is 3.27. The Bertz CT molecular complexity index is 619. The summed E-state index contributed by atoms with van der Waals surface area (Å²) in [6.07, 6.45) is 3.38. The Balaban J connectivity index is 2.07. The average Bonchev–Trinajstić information content (AvgIpc) is 2.61. The summed E-state index contributed by atoms with van der Waals surface area (Å²) in [5, 5.41) is 15.3. The molecule has 1 N–H and O–H groups in total. The fourth-order valence-corrected chi connectivity index (χ4v) is 2.96. The molecule has 0 aliphatic heterocycles. The molecule has 1 aromatic carbocycles. The van der Waals surface area contributed by atoms with Crippen molar-refractivity contribution in [3.8, 4) is 0 Å². The molecule has 94 valence electrons. The average molecular weight is 263 g/mol. The highest BCUT2D eigenvalue weighted by molar-refractivity contribution is 7.18. The lowest BCUT2D eigenvalue weighted by Gasteiger charge is -2.27. The normalized spacial score (nSPS) is 15.6. The van der Waals surface area contributed by atoms with Crippen LogP contribution in [0.1, 0.15) is 24.3 Å². The summed E-state index contributed by atoms with van der Waals surface area (Å²) in [5.74, 6) is 0. The lowest BCUT2D eigenvalue weighted by atomic mass is 9.93. The van der Waals surface area contributed by atoms with E-state index in [2.05, 4.69) is 10.3 Å². The molecule has 3 rings (SSSR count). The summed E-state index contributed by atoms with van der Waals surface area (Å²) in [5.41, 5.74) is 1.59. The van der Waals surface area contributed by atoms with Crippen molar-refractivity contribution in [1.29, 1.82) is 0 Å². The molecule has 18 heavy (non-hydrogen) atoms. The number of aryl methyl sites for hydroxylation is 1. The highest BCUT2D eigenvalue weighted by Gasteiger charge is 2.23. The maximum atomic E-state index is 11.1. The zero-order chi connectivity index (χ0) is 12.7. The molecule has 0 unspecified atom stereocenters. The summed E-state index contributed by atoms with van der Waals surface area (Å²) in [4.78, 5) is 15.2. The molecule has 0 radical (unpaired) electrons. The van der Waals surface area contributed by atoms with Crippen LogP contribution in [0.3, 0.4) is 0 Å². The van der Waals surface area contributed by atoms with Crippen LogP contribution in [0.15, 0.2) is 12.1 Å². The van der Waals surface area contributed by atoms with Crippen molar-refractivity contribution in [2.45, 2.75) is 32.2 Å². The van der Waals surface area contributed by atoms with Gasteiger partial charge in [-0.1, -0.05) is 0 Å². The number of aromatic nitrogens is 1. The van der Waals surface area contributed by atoms with Gasteiger partial charge in [0, 0.05) is 12.1 Å². The van der Waals surface area contributed by atoms with Gasteiger partial charge in [0.25, 0.3) is 5.69 Å². The van der Waals surface area contributed by atoms with Crippen LogP contribution in [0.4, 0.5) is 11.4 Å². The van der Waals surface area contributed by atoms with Gasteiger partial charge in [0.2, 0.25) is 0 Å². The second-order valence-corrected chi connectivity index (χ2v) is 5.83. The van der Waals surface area contributed by atoms with Gasteiger partial charge in [0.1, 0.15) is 5.69 Å². The van der Waals surface area contributed by atoms with Crippen molar-refractivity contribution < 1.29 is 4.92 Å². The highest BCUT2D eigenvalue weighted by Crippen LogP contribution is 2.35. The Morgan fingerprint density at radius 2 is 2.28 bits per heavy atom. The van der Waals surface area contributed by atoms with Crippen LogP contribution in [-0.4, -0.2) is 15.9 Å². The number of fused-ring (bicyclic) bond motifs is 1. The monoisotopic (exact) mass is 263 g/mol. The SMILES string of the molecule is Cc1nc2cc(NC3CCC3)c([N+](=O)[O-])cc2s1. The van der Waals surface area contributed by atoms with Crippen molar-refractivity contribution in [2.24, 2.45) is 0 Å². The predicted molar refractivity (Wildman–Crippen MR) is 72.3 cm³/mol. The number of nitrogens with zero attached hydrogens (tertiary/aromatic N) is 2. The first-order valence-electron chi connectivity index (χ1n) is 5.95. The van der Waals surface area contributed by atoms with Crippen molar-refractivity contribution in [2.75, 3.05) is 5.32 Å². The number of nitro groups is 1. The topological polar surface area (TPSA) is 68.1 Å². The van der Waals surface area contributed by atoms with Crippen molar-refractivity contribution in [3.05, 3.63) is 27.3 Å². The molecule has 0 amide bonds. The Morgan fingerprint density at radius 3 is 2.89 bits per heavy atom. The number of nitrogens with one attached hydrogen (secondary N) is 1. The zero-order valence-corrected chi connectivity index (χ0v) is 10.8. The van der Waals surface area contributed by atoms with Crippen LogP contribution in [0.2, 0.25) is 0 Å². The van der Waals surface area contributed by atoms with Crippen molar-refractivity contribution in [1.82, 2.24) is 4.98 Å². The van der Waals surface area contributed by atoms with Gasteiger partial charge in [-0.15, -0.1) is 11.3 Å². The highest BCUT2D eigenvalue weighted by atomic mass is 32.1. The number of rotatable bonds is 3. The number of thiazole rings is 1. The minimum absolute atomic E-state index is 0.151. The van der Waals surface area contributed by atoms with E-state index in [0.717, 1.165) is 28.1 Å². The molecule has 1 heterocycles. The van der Waals surface area contributed by atoms with Gasteiger partial charge in [-0.3, -0.25) is 10.1 Å². The van der Waals surface area contributed by atoms with Crippen molar-refractivity contribution >= 4 is 32.9 Å². The second-order valence-electron chi connectivity index (χ2n) is 4.60. The van der Waals surface area contributed by atoms with Crippen LogP contribution in [-0.2, 0) is 0 Å². The standard InChI is InChI=1S/C12H13N3O2S/c1-7-13-10-5-9(14-8-3-2-4-8)11(15(16)17)6-12(10)18-7/h5-6,8,14H,2-4H2,1H3. The summed E-state index contributed by atoms with van der Waals surface area (Å²) in [6.45, 7) is 1.91. The maximum absolute atomic E-state index is 11.1. The molecule has 0 bridgehead atoms. The number of hydrogen-bond donors (Lipinski definition) is 1. The van der Waals surface area contributed by atoms with Gasteiger partial charge in [-0.05, 0) is 32.3 Å². The van der Waals surface area contributed by atoms with E-state index < -0.39 is 0 Å². The summed E-state index contributed by atoms with van der Waals surface area (Å²) in [7, 11) is 0. The van der Waals surface area contributed by atoms with Gasteiger partial charge in [-0.2, -0.15) is 0 Å². The first kappa shape index (κ1) is 11.4. The smallest absolute Gasteiger partial charge is 0.293 e. The fourth-order valence-electron chi connectivity index (χ4n) is 2.12. The van der Waals surface area contributed by atoms with Gasteiger partial charge in [-0.25, -0.2) is 4.98 Å². The van der Waals surface area contributed by atoms with E-state index in [9.17, 15) is 10.1 Å². The number of benzene rings is 1. The Morgan fingerprint density at radius 1 is 1.50 bits per heavy atom. The Labute approximate surface area is 108 Å². The lowest BCUT2D eigenvalue weighted by molar-refractivity contribution is -0.383. The zero-order valence-electron chi connectivity index (χ0n) is 9.97. The summed E-state index contributed by atoms with van der Waals surface area (Å²) in [6, 6.07) is 3.80. The number of nitro benzene ring substituents is 1. The predicted octanol–water partition coefficient (Wildman–Crippen LogP) is 3.48. The van der Waals surface area contributed by atoms with Gasteiger partial charge in [0.15, 0.2) is 0 Å². The minimum Gasteiger partial charge on any atom is -0.377 e. The van der Waals surface area contributed by atoms with Crippen LogP contribution in [0.5, 0.6) is 0 Å². The van der Waals surface area contributed by atoms with E-state index in [1.165, 1.54) is 17.8 Å². The largest absolute Gasteiger partial charge is 0.377 e. The molecule has 1 aromatic heterocycles. The molecule has 0 atom stereocenters. The van der Waals surface area contributed by atoms with E-state index in [4.69, 9.17) is 0 Å². The molecule has 0 spiro atoms. The van der Waals surface area contributed by atoms with Gasteiger partial charge in [0.05, 0.1) is 20.1 Å². The lowest BCUT2D eigenvalue weighted by Crippen LogP contribution is -2.27. The number of anilines is 1. The molecule has 6 heteroatoms. The summed E-state index contributed by atoms with van der Waals surface area (Å²) >= 11 is 1.49. The first-order valence-corrected chi connectivity index (χ1v) is 6.77. The van der Waals surface area contributed by atoms with E-state index in [1.807, 2.05) is 6.92 Å². The third kappa shape index (κ3) is 1.92. The number of hydrogen-bond acceptors (Lipinski definition) is 5. The van der Waals surface area contributed by atoms with Crippen LogP contribution in [0, 0.1) is 17.0 Å². The Hall–Kier alpha value is -1.69. The van der Waals surface area contributed by atoms with Gasteiger partial charge >= 0.3 is 0 Å². The van der Waals surface area contributed by atoms with E-state index >= 15 is 0 Å². The molecule has 1 aliphatic carbocycles. The summed E-state index contributed by atoms with van der Waals surface area (Å²) < 4.78 is 0.873. The third-order valence-corrected chi connectivity index (χ3v) is 4.21. The minimum atomic E-state index is -0.324. The fraction of sp³-hybridized carbons (Fsp3) is 0.417. The van der Waals surface area contributed by atoms with Crippen LogP contribution in [0.25, 0.3) is 10.2 Å². The Kier molecular flexibility index (Phi) is 2.66.